The largest absolute Gasteiger partial charge is 0.476 e. The van der Waals surface area contributed by atoms with Crippen LogP contribution in [0.4, 0.5) is 8.78 Å². The summed E-state index contributed by atoms with van der Waals surface area (Å²) < 4.78 is 29.6. The van der Waals surface area contributed by atoms with Gasteiger partial charge in [-0.2, -0.15) is 0 Å². The molecule has 1 aromatic heterocycles. The lowest BCUT2D eigenvalue weighted by Crippen LogP contribution is -2.00. The average Bonchev–Trinajstić information content (AvgIpc) is 3.00. The van der Waals surface area contributed by atoms with E-state index in [1.807, 2.05) is 19.1 Å². The van der Waals surface area contributed by atoms with Gasteiger partial charge in [0.05, 0.1) is 5.56 Å². The summed E-state index contributed by atoms with van der Waals surface area (Å²) >= 11 is 0. The second-order valence-corrected chi connectivity index (χ2v) is 5.24. The number of aryl methyl sites for hydroxylation is 1. The molecule has 0 fully saturated rings. The molecule has 1 heterocycles. The molecule has 0 aliphatic carbocycles. The van der Waals surface area contributed by atoms with Crippen molar-refractivity contribution in [3.63, 3.8) is 0 Å². The van der Waals surface area contributed by atoms with Crippen LogP contribution in [0.5, 0.6) is 0 Å². The highest BCUT2D eigenvalue weighted by atomic mass is 19.1. The van der Waals surface area contributed by atoms with Gasteiger partial charge in [-0.15, -0.1) is 0 Å². The summed E-state index contributed by atoms with van der Waals surface area (Å²) in [6.45, 7) is 2.01. The Morgan fingerprint density at radius 3 is 2.29 bits per heavy atom. The SMILES string of the molecule is CCc1ccc(-n2cc(C(=O)O)nc2-c2c(F)cccc2F)cc1. The molecule has 0 unspecified atom stereocenters. The van der Waals surface area contributed by atoms with E-state index in [1.54, 1.807) is 12.1 Å². The van der Waals surface area contributed by atoms with Gasteiger partial charge in [0.25, 0.3) is 0 Å². The highest BCUT2D eigenvalue weighted by Gasteiger charge is 2.21. The van der Waals surface area contributed by atoms with Gasteiger partial charge in [0.15, 0.2) is 11.5 Å². The van der Waals surface area contributed by atoms with Crippen LogP contribution < -0.4 is 0 Å². The Balaban J connectivity index is 2.23. The first-order valence-electron chi connectivity index (χ1n) is 7.37. The molecule has 3 rings (SSSR count). The van der Waals surface area contributed by atoms with Crippen LogP contribution in [-0.2, 0) is 6.42 Å². The monoisotopic (exact) mass is 328 g/mol. The molecule has 0 radical (unpaired) electrons. The van der Waals surface area contributed by atoms with Crippen LogP contribution in [-0.4, -0.2) is 20.6 Å². The summed E-state index contributed by atoms with van der Waals surface area (Å²) in [7, 11) is 0. The van der Waals surface area contributed by atoms with Crippen molar-refractivity contribution in [2.45, 2.75) is 13.3 Å². The lowest BCUT2D eigenvalue weighted by atomic mass is 10.1. The molecule has 0 amide bonds. The first-order valence-corrected chi connectivity index (χ1v) is 7.37. The lowest BCUT2D eigenvalue weighted by Gasteiger charge is -2.10. The van der Waals surface area contributed by atoms with Crippen molar-refractivity contribution in [2.24, 2.45) is 0 Å². The van der Waals surface area contributed by atoms with E-state index >= 15 is 0 Å². The first kappa shape index (κ1) is 15.9. The summed E-state index contributed by atoms with van der Waals surface area (Å²) in [6.07, 6.45) is 2.10. The Kier molecular flexibility index (Phi) is 4.12. The third kappa shape index (κ3) is 2.78. The highest BCUT2D eigenvalue weighted by molar-refractivity contribution is 5.86. The van der Waals surface area contributed by atoms with E-state index in [2.05, 4.69) is 4.98 Å². The maximum atomic E-state index is 14.1. The molecule has 0 saturated heterocycles. The molecular weight excluding hydrogens is 314 g/mol. The Morgan fingerprint density at radius 1 is 1.12 bits per heavy atom. The van der Waals surface area contributed by atoms with Gasteiger partial charge in [-0.05, 0) is 36.2 Å². The van der Waals surface area contributed by atoms with Gasteiger partial charge >= 0.3 is 5.97 Å². The molecule has 0 saturated carbocycles. The molecule has 4 nitrogen and oxygen atoms in total. The molecule has 0 bridgehead atoms. The van der Waals surface area contributed by atoms with E-state index in [4.69, 9.17) is 0 Å². The minimum absolute atomic E-state index is 0.0905. The van der Waals surface area contributed by atoms with Crippen molar-refractivity contribution in [3.05, 3.63) is 71.6 Å². The first-order chi connectivity index (χ1) is 11.5. The van der Waals surface area contributed by atoms with E-state index in [9.17, 15) is 18.7 Å². The quantitative estimate of drug-likeness (QED) is 0.785. The smallest absolute Gasteiger partial charge is 0.356 e. The van der Waals surface area contributed by atoms with E-state index in [0.717, 1.165) is 24.1 Å². The number of nitrogens with zero attached hydrogens (tertiary/aromatic N) is 2. The molecule has 6 heteroatoms. The zero-order chi connectivity index (χ0) is 17.3. The summed E-state index contributed by atoms with van der Waals surface area (Å²) in [4.78, 5) is 15.1. The van der Waals surface area contributed by atoms with Crippen molar-refractivity contribution in [2.75, 3.05) is 0 Å². The molecule has 0 aliphatic rings. The molecule has 0 atom stereocenters. The predicted molar refractivity (Wildman–Crippen MR) is 85.3 cm³/mol. The van der Waals surface area contributed by atoms with E-state index in [-0.39, 0.29) is 17.1 Å². The van der Waals surface area contributed by atoms with Gasteiger partial charge in [-0.25, -0.2) is 18.6 Å². The predicted octanol–water partition coefficient (Wildman–Crippen LogP) is 4.08. The molecule has 122 valence electrons. The number of carboxylic acid groups (broad SMARTS) is 1. The van der Waals surface area contributed by atoms with Gasteiger partial charge in [-0.3, -0.25) is 4.57 Å². The Morgan fingerprint density at radius 2 is 1.75 bits per heavy atom. The number of rotatable bonds is 4. The van der Waals surface area contributed by atoms with Gasteiger partial charge in [0.2, 0.25) is 0 Å². The van der Waals surface area contributed by atoms with Gasteiger partial charge in [0, 0.05) is 11.9 Å². The number of carbonyl (C=O) groups is 1. The molecule has 24 heavy (non-hydrogen) atoms. The topological polar surface area (TPSA) is 55.1 Å². The molecule has 0 aliphatic heterocycles. The summed E-state index contributed by atoms with van der Waals surface area (Å²) in [5.41, 5.74) is 1.03. The fourth-order valence-electron chi connectivity index (χ4n) is 2.46. The minimum atomic E-state index is -1.27. The molecular formula is C18H14F2N2O2. The van der Waals surface area contributed by atoms with Crippen molar-refractivity contribution in [3.8, 4) is 17.1 Å². The molecule has 2 aromatic carbocycles. The second kappa shape index (κ2) is 6.23. The zero-order valence-electron chi connectivity index (χ0n) is 12.8. The normalized spacial score (nSPS) is 10.8. The Bertz CT molecular complexity index is 882. The van der Waals surface area contributed by atoms with Crippen LogP contribution >= 0.6 is 0 Å². The highest BCUT2D eigenvalue weighted by Crippen LogP contribution is 2.28. The van der Waals surface area contributed by atoms with Crippen molar-refractivity contribution >= 4 is 5.97 Å². The standard InChI is InChI=1S/C18H14F2N2O2/c1-2-11-6-8-12(9-7-11)22-10-15(18(23)24)21-17(22)16-13(19)4-3-5-14(16)20/h3-10H,2H2,1H3,(H,23,24). The fourth-order valence-corrected chi connectivity index (χ4v) is 2.46. The minimum Gasteiger partial charge on any atom is -0.476 e. The Hall–Kier alpha value is -3.02. The number of imidazole rings is 1. The number of hydrogen-bond acceptors (Lipinski definition) is 2. The number of hydrogen-bond donors (Lipinski definition) is 1. The number of carboxylic acids is 1. The number of halogens is 2. The maximum Gasteiger partial charge on any atom is 0.356 e. The van der Waals surface area contributed by atoms with Crippen molar-refractivity contribution < 1.29 is 18.7 Å². The summed E-state index contributed by atoms with van der Waals surface area (Å²) in [6, 6.07) is 10.7. The number of benzene rings is 2. The van der Waals surface area contributed by atoms with Crippen molar-refractivity contribution in [1.29, 1.82) is 0 Å². The molecule has 0 spiro atoms. The number of aromatic nitrogens is 2. The van der Waals surface area contributed by atoms with E-state index in [0.29, 0.717) is 5.69 Å². The van der Waals surface area contributed by atoms with Crippen molar-refractivity contribution in [1.82, 2.24) is 9.55 Å². The number of aromatic carboxylic acids is 1. The second-order valence-electron chi connectivity index (χ2n) is 5.24. The van der Waals surface area contributed by atoms with Crippen LogP contribution in [0, 0.1) is 11.6 Å². The van der Waals surface area contributed by atoms with Crippen LogP contribution in [0.25, 0.3) is 17.1 Å². The maximum absolute atomic E-state index is 14.1. The zero-order valence-corrected chi connectivity index (χ0v) is 12.8. The molecule has 1 N–H and O–H groups in total. The van der Waals surface area contributed by atoms with E-state index < -0.39 is 17.6 Å². The lowest BCUT2D eigenvalue weighted by molar-refractivity contribution is 0.0691. The van der Waals surface area contributed by atoms with Gasteiger partial charge < -0.3 is 5.11 Å². The average molecular weight is 328 g/mol. The van der Waals surface area contributed by atoms with Crippen LogP contribution in [0.1, 0.15) is 23.0 Å². The summed E-state index contributed by atoms with van der Waals surface area (Å²) in [5.74, 6) is -2.96. The fraction of sp³-hybridized carbons (Fsp3) is 0.111. The van der Waals surface area contributed by atoms with E-state index in [1.165, 1.54) is 16.8 Å². The van der Waals surface area contributed by atoms with Gasteiger partial charge in [-0.1, -0.05) is 25.1 Å². The molecule has 3 aromatic rings. The third-order valence-corrected chi connectivity index (χ3v) is 3.73. The summed E-state index contributed by atoms with van der Waals surface area (Å²) in [5, 5.41) is 9.17. The van der Waals surface area contributed by atoms with Crippen LogP contribution in [0.2, 0.25) is 0 Å². The van der Waals surface area contributed by atoms with Crippen LogP contribution in [0.3, 0.4) is 0 Å². The third-order valence-electron chi connectivity index (χ3n) is 3.73. The van der Waals surface area contributed by atoms with Gasteiger partial charge in [0.1, 0.15) is 11.6 Å². The van der Waals surface area contributed by atoms with Crippen LogP contribution in [0.15, 0.2) is 48.7 Å². The Labute approximate surface area is 137 Å².